The summed E-state index contributed by atoms with van der Waals surface area (Å²) in [5.41, 5.74) is 0.500. The number of hydrogen-bond acceptors (Lipinski definition) is 2. The minimum atomic E-state index is 0.0578. The number of nitrogens with zero attached hydrogens (tertiary/aromatic N) is 2. The molecule has 0 saturated heterocycles. The summed E-state index contributed by atoms with van der Waals surface area (Å²) in [4.78, 5) is 2.15. The van der Waals surface area contributed by atoms with Gasteiger partial charge in [0.15, 0.2) is 0 Å². The average Bonchev–Trinajstić information content (AvgIpc) is 2.00. The first-order valence-electron chi connectivity index (χ1n) is 4.67. The highest BCUT2D eigenvalue weighted by Gasteiger charge is 2.33. The Bertz CT molecular complexity index is 189. The van der Waals surface area contributed by atoms with E-state index in [9.17, 15) is 0 Å². The SMILES string of the molecule is CC(C#N)N(C)CC1(C)CCC1. The minimum Gasteiger partial charge on any atom is -0.291 e. The number of hydrogen-bond donors (Lipinski definition) is 0. The molecule has 1 saturated carbocycles. The Kier molecular flexibility index (Phi) is 2.74. The zero-order valence-corrected chi connectivity index (χ0v) is 8.30. The third-order valence-electron chi connectivity index (χ3n) is 3.04. The predicted molar refractivity (Wildman–Crippen MR) is 49.7 cm³/mol. The Labute approximate surface area is 75.2 Å². The first-order chi connectivity index (χ1) is 5.57. The van der Waals surface area contributed by atoms with E-state index in [1.807, 2.05) is 14.0 Å². The van der Waals surface area contributed by atoms with Gasteiger partial charge in [0.1, 0.15) is 0 Å². The topological polar surface area (TPSA) is 27.0 Å². The lowest BCUT2D eigenvalue weighted by atomic mass is 9.70. The lowest BCUT2D eigenvalue weighted by Crippen LogP contribution is -2.41. The van der Waals surface area contributed by atoms with Crippen molar-refractivity contribution in [2.75, 3.05) is 13.6 Å². The standard InChI is InChI=1S/C10H18N2/c1-9(7-11)12(3)8-10(2)5-4-6-10/h9H,4-6,8H2,1-3H3. The summed E-state index contributed by atoms with van der Waals surface area (Å²) in [5, 5.41) is 8.70. The van der Waals surface area contributed by atoms with Crippen LogP contribution in [0.5, 0.6) is 0 Å². The quantitative estimate of drug-likeness (QED) is 0.641. The van der Waals surface area contributed by atoms with E-state index < -0.39 is 0 Å². The summed E-state index contributed by atoms with van der Waals surface area (Å²) < 4.78 is 0. The van der Waals surface area contributed by atoms with Gasteiger partial charge in [0, 0.05) is 6.54 Å². The third-order valence-corrected chi connectivity index (χ3v) is 3.04. The molecule has 1 aliphatic rings. The second-order valence-corrected chi connectivity index (χ2v) is 4.38. The molecular formula is C10H18N2. The molecule has 0 aromatic rings. The van der Waals surface area contributed by atoms with Crippen molar-refractivity contribution < 1.29 is 0 Å². The largest absolute Gasteiger partial charge is 0.291 e. The lowest BCUT2D eigenvalue weighted by Gasteiger charge is -2.41. The molecule has 0 aliphatic heterocycles. The number of nitriles is 1. The van der Waals surface area contributed by atoms with Crippen molar-refractivity contribution in [3.63, 3.8) is 0 Å². The van der Waals surface area contributed by atoms with Crippen molar-refractivity contribution >= 4 is 0 Å². The van der Waals surface area contributed by atoms with Gasteiger partial charge in [0.05, 0.1) is 12.1 Å². The molecule has 1 fully saturated rings. The Balaban J connectivity index is 2.35. The fraction of sp³-hybridized carbons (Fsp3) is 0.900. The van der Waals surface area contributed by atoms with E-state index in [0.717, 1.165) is 6.54 Å². The molecule has 2 nitrogen and oxygen atoms in total. The van der Waals surface area contributed by atoms with Crippen LogP contribution in [0.1, 0.15) is 33.1 Å². The molecule has 1 unspecified atom stereocenters. The van der Waals surface area contributed by atoms with Gasteiger partial charge in [-0.05, 0) is 32.2 Å². The van der Waals surface area contributed by atoms with Gasteiger partial charge in [-0.1, -0.05) is 13.3 Å². The smallest absolute Gasteiger partial charge is 0.0947 e. The van der Waals surface area contributed by atoms with Crippen molar-refractivity contribution in [1.82, 2.24) is 4.90 Å². The van der Waals surface area contributed by atoms with Crippen LogP contribution >= 0.6 is 0 Å². The zero-order valence-electron chi connectivity index (χ0n) is 8.30. The van der Waals surface area contributed by atoms with Gasteiger partial charge in [-0.2, -0.15) is 5.26 Å². The van der Waals surface area contributed by atoms with Crippen LogP contribution in [0.4, 0.5) is 0 Å². The summed E-state index contributed by atoms with van der Waals surface area (Å²) >= 11 is 0. The van der Waals surface area contributed by atoms with E-state index in [0.29, 0.717) is 5.41 Å². The monoisotopic (exact) mass is 166 g/mol. The molecule has 0 N–H and O–H groups in total. The van der Waals surface area contributed by atoms with E-state index in [-0.39, 0.29) is 6.04 Å². The molecule has 0 radical (unpaired) electrons. The molecule has 68 valence electrons. The van der Waals surface area contributed by atoms with Gasteiger partial charge in [-0.25, -0.2) is 0 Å². The van der Waals surface area contributed by atoms with Crippen molar-refractivity contribution in [2.24, 2.45) is 5.41 Å². The maximum atomic E-state index is 8.70. The fourth-order valence-corrected chi connectivity index (χ4v) is 1.78. The molecule has 12 heavy (non-hydrogen) atoms. The van der Waals surface area contributed by atoms with Gasteiger partial charge in [-0.15, -0.1) is 0 Å². The molecule has 1 rings (SSSR count). The van der Waals surface area contributed by atoms with Crippen LogP contribution in [0, 0.1) is 16.7 Å². The highest BCUT2D eigenvalue weighted by Crippen LogP contribution is 2.40. The van der Waals surface area contributed by atoms with Crippen molar-refractivity contribution in [1.29, 1.82) is 5.26 Å². The molecule has 1 atom stereocenters. The Hall–Kier alpha value is -0.550. The van der Waals surface area contributed by atoms with E-state index in [1.165, 1.54) is 19.3 Å². The molecular weight excluding hydrogens is 148 g/mol. The highest BCUT2D eigenvalue weighted by molar-refractivity contribution is 4.92. The van der Waals surface area contributed by atoms with Crippen LogP contribution in [0.3, 0.4) is 0 Å². The van der Waals surface area contributed by atoms with Crippen LogP contribution in [0.2, 0.25) is 0 Å². The van der Waals surface area contributed by atoms with E-state index in [4.69, 9.17) is 5.26 Å². The zero-order chi connectivity index (χ0) is 9.19. The van der Waals surface area contributed by atoms with Crippen molar-refractivity contribution in [2.45, 2.75) is 39.2 Å². The molecule has 0 bridgehead atoms. The normalized spacial score (nSPS) is 22.9. The minimum absolute atomic E-state index is 0.0578. The third kappa shape index (κ3) is 1.98. The maximum Gasteiger partial charge on any atom is 0.0947 e. The summed E-state index contributed by atoms with van der Waals surface area (Å²) in [6.45, 7) is 5.35. The second kappa shape index (κ2) is 3.45. The lowest BCUT2D eigenvalue weighted by molar-refractivity contribution is 0.0913. The van der Waals surface area contributed by atoms with Crippen LogP contribution < -0.4 is 0 Å². The molecule has 0 amide bonds. The van der Waals surface area contributed by atoms with Gasteiger partial charge >= 0.3 is 0 Å². The van der Waals surface area contributed by atoms with Gasteiger partial charge in [-0.3, -0.25) is 4.90 Å². The van der Waals surface area contributed by atoms with Crippen LogP contribution in [0.15, 0.2) is 0 Å². The van der Waals surface area contributed by atoms with Crippen LogP contribution in [0.25, 0.3) is 0 Å². The Morgan fingerprint density at radius 3 is 2.50 bits per heavy atom. The number of rotatable bonds is 3. The van der Waals surface area contributed by atoms with Crippen LogP contribution in [-0.2, 0) is 0 Å². The van der Waals surface area contributed by atoms with E-state index >= 15 is 0 Å². The molecule has 0 heterocycles. The highest BCUT2D eigenvalue weighted by atomic mass is 15.1. The first kappa shape index (κ1) is 9.54. The molecule has 2 heteroatoms. The van der Waals surface area contributed by atoms with Crippen LogP contribution in [-0.4, -0.2) is 24.5 Å². The van der Waals surface area contributed by atoms with Gasteiger partial charge < -0.3 is 0 Å². The van der Waals surface area contributed by atoms with Crippen molar-refractivity contribution in [3.05, 3.63) is 0 Å². The van der Waals surface area contributed by atoms with Gasteiger partial charge in [0.25, 0.3) is 0 Å². The second-order valence-electron chi connectivity index (χ2n) is 4.38. The summed E-state index contributed by atoms with van der Waals surface area (Å²) in [6, 6.07) is 2.32. The van der Waals surface area contributed by atoms with Crippen molar-refractivity contribution in [3.8, 4) is 6.07 Å². The predicted octanol–water partition coefficient (Wildman–Crippen LogP) is 2.02. The molecule has 0 aromatic heterocycles. The summed E-state index contributed by atoms with van der Waals surface area (Å²) in [6.07, 6.45) is 4.02. The first-order valence-corrected chi connectivity index (χ1v) is 4.67. The van der Waals surface area contributed by atoms with E-state index in [1.54, 1.807) is 0 Å². The van der Waals surface area contributed by atoms with E-state index in [2.05, 4.69) is 17.9 Å². The summed E-state index contributed by atoms with van der Waals surface area (Å²) in [7, 11) is 2.04. The average molecular weight is 166 g/mol. The fourth-order valence-electron chi connectivity index (χ4n) is 1.78. The molecule has 1 aliphatic carbocycles. The Morgan fingerprint density at radius 1 is 1.58 bits per heavy atom. The summed E-state index contributed by atoms with van der Waals surface area (Å²) in [5.74, 6) is 0. The maximum absolute atomic E-state index is 8.70. The van der Waals surface area contributed by atoms with Gasteiger partial charge in [0.2, 0.25) is 0 Å². The molecule has 0 aromatic carbocycles. The Morgan fingerprint density at radius 2 is 2.17 bits per heavy atom. The molecule has 0 spiro atoms.